The van der Waals surface area contributed by atoms with Crippen LogP contribution in [0.1, 0.15) is 35.5 Å². The minimum absolute atomic E-state index is 0.235. The molecule has 2 rings (SSSR count). The first kappa shape index (κ1) is 14.9. The molecule has 106 valence electrons. The zero-order valence-electron chi connectivity index (χ0n) is 12.1. The second-order valence-corrected chi connectivity index (χ2v) is 5.83. The number of nitrogens with zero attached hydrogens (tertiary/aromatic N) is 2. The summed E-state index contributed by atoms with van der Waals surface area (Å²) in [5, 5.41) is 0.553. The van der Waals surface area contributed by atoms with Gasteiger partial charge in [-0.25, -0.2) is 14.4 Å². The molecular formula is C15H18FN3S. The number of hydrogen-bond donors (Lipinski definition) is 1. The topological polar surface area (TPSA) is 51.8 Å². The van der Waals surface area contributed by atoms with Gasteiger partial charge in [-0.05, 0) is 56.7 Å². The van der Waals surface area contributed by atoms with Gasteiger partial charge in [-0.2, -0.15) is 0 Å². The van der Waals surface area contributed by atoms with Crippen LogP contribution >= 0.6 is 11.8 Å². The summed E-state index contributed by atoms with van der Waals surface area (Å²) in [6, 6.07) is 4.71. The Morgan fingerprint density at radius 3 is 2.30 bits per heavy atom. The Labute approximate surface area is 122 Å². The van der Waals surface area contributed by atoms with Gasteiger partial charge in [-0.1, -0.05) is 12.1 Å². The smallest absolute Gasteiger partial charge is 0.193 e. The molecule has 0 unspecified atom stereocenters. The molecular weight excluding hydrogens is 273 g/mol. The highest BCUT2D eigenvalue weighted by Gasteiger charge is 2.15. The van der Waals surface area contributed by atoms with Crippen LogP contribution < -0.4 is 5.73 Å². The lowest BCUT2D eigenvalue weighted by Gasteiger charge is -2.13. The fourth-order valence-corrected chi connectivity index (χ4v) is 2.96. The fraction of sp³-hybridized carbons (Fsp3) is 0.333. The van der Waals surface area contributed by atoms with Crippen LogP contribution in [0.3, 0.4) is 0 Å². The molecule has 0 radical (unpaired) electrons. The number of nitrogens with two attached hydrogens (primary N) is 1. The van der Waals surface area contributed by atoms with Gasteiger partial charge in [-0.15, -0.1) is 0 Å². The Bertz CT molecular complexity index is 618. The van der Waals surface area contributed by atoms with Gasteiger partial charge in [0.15, 0.2) is 5.16 Å². The molecule has 0 bridgehead atoms. The molecule has 0 aliphatic rings. The molecule has 0 saturated carbocycles. The molecule has 5 heteroatoms. The van der Waals surface area contributed by atoms with Crippen LogP contribution in [-0.2, 0) is 0 Å². The van der Waals surface area contributed by atoms with E-state index >= 15 is 0 Å². The first-order valence-electron chi connectivity index (χ1n) is 6.44. The van der Waals surface area contributed by atoms with E-state index in [2.05, 4.69) is 9.97 Å². The van der Waals surface area contributed by atoms with Gasteiger partial charge in [0.25, 0.3) is 0 Å². The molecule has 1 heterocycles. The van der Waals surface area contributed by atoms with Crippen molar-refractivity contribution in [1.29, 1.82) is 0 Å². The number of aromatic nitrogens is 2. The normalized spacial score (nSPS) is 12.5. The van der Waals surface area contributed by atoms with E-state index in [1.807, 2.05) is 33.8 Å². The second-order valence-electron chi connectivity index (χ2n) is 4.85. The standard InChI is InChI=1S/C15H18FN3S/c1-8-10(3)18-15(19-11(8)4)20-14-12(9(2)17)6-5-7-13(14)16/h5-7,9H,17H2,1-4H3/t9-/m1/s1. The molecule has 2 N–H and O–H groups in total. The third-order valence-electron chi connectivity index (χ3n) is 3.29. The number of benzene rings is 1. The summed E-state index contributed by atoms with van der Waals surface area (Å²) in [5.41, 5.74) is 9.57. The SMILES string of the molecule is Cc1nc(Sc2c(F)cccc2[C@@H](C)N)nc(C)c1C. The first-order chi connectivity index (χ1) is 9.40. The lowest BCUT2D eigenvalue weighted by Crippen LogP contribution is -2.08. The lowest BCUT2D eigenvalue weighted by molar-refractivity contribution is 0.591. The van der Waals surface area contributed by atoms with E-state index in [-0.39, 0.29) is 11.9 Å². The van der Waals surface area contributed by atoms with Gasteiger partial charge in [-0.3, -0.25) is 0 Å². The summed E-state index contributed by atoms with van der Waals surface area (Å²) in [6.07, 6.45) is 0. The highest BCUT2D eigenvalue weighted by Crippen LogP contribution is 2.33. The van der Waals surface area contributed by atoms with Crippen molar-refractivity contribution in [3.63, 3.8) is 0 Å². The maximum absolute atomic E-state index is 14.0. The summed E-state index contributed by atoms with van der Waals surface area (Å²) in [4.78, 5) is 9.33. The molecule has 0 amide bonds. The maximum Gasteiger partial charge on any atom is 0.193 e. The molecule has 0 fully saturated rings. The molecule has 0 spiro atoms. The Kier molecular flexibility index (Phi) is 4.40. The third kappa shape index (κ3) is 2.99. The highest BCUT2D eigenvalue weighted by atomic mass is 32.2. The maximum atomic E-state index is 14.0. The van der Waals surface area contributed by atoms with Crippen molar-refractivity contribution >= 4 is 11.8 Å². The quantitative estimate of drug-likeness (QED) is 0.876. The Hall–Kier alpha value is -1.46. The van der Waals surface area contributed by atoms with Crippen molar-refractivity contribution in [2.75, 3.05) is 0 Å². The van der Waals surface area contributed by atoms with Gasteiger partial charge in [0, 0.05) is 17.4 Å². The van der Waals surface area contributed by atoms with Crippen molar-refractivity contribution in [3.05, 3.63) is 46.5 Å². The summed E-state index contributed by atoms with van der Waals surface area (Å²) in [7, 11) is 0. The third-order valence-corrected chi connectivity index (χ3v) is 4.29. The van der Waals surface area contributed by atoms with E-state index < -0.39 is 0 Å². The molecule has 20 heavy (non-hydrogen) atoms. The van der Waals surface area contributed by atoms with E-state index in [0.717, 1.165) is 22.5 Å². The van der Waals surface area contributed by atoms with Gasteiger partial charge in [0.1, 0.15) is 5.82 Å². The Balaban J connectivity index is 2.45. The fourth-order valence-electron chi connectivity index (χ4n) is 1.87. The molecule has 0 saturated heterocycles. The van der Waals surface area contributed by atoms with Crippen LogP contribution in [0.2, 0.25) is 0 Å². The van der Waals surface area contributed by atoms with E-state index in [1.165, 1.54) is 17.8 Å². The van der Waals surface area contributed by atoms with Crippen molar-refractivity contribution in [1.82, 2.24) is 9.97 Å². The highest BCUT2D eigenvalue weighted by molar-refractivity contribution is 7.99. The zero-order chi connectivity index (χ0) is 14.9. The predicted octanol–water partition coefficient (Wildman–Crippen LogP) is 3.71. The van der Waals surface area contributed by atoms with Crippen LogP contribution in [0.5, 0.6) is 0 Å². The number of halogens is 1. The average molecular weight is 291 g/mol. The van der Waals surface area contributed by atoms with E-state index in [9.17, 15) is 4.39 Å². The summed E-state index contributed by atoms with van der Waals surface area (Å²) in [6.45, 7) is 7.69. The molecule has 1 atom stereocenters. The van der Waals surface area contributed by atoms with Crippen molar-refractivity contribution in [3.8, 4) is 0 Å². The van der Waals surface area contributed by atoms with Gasteiger partial charge < -0.3 is 5.73 Å². The lowest BCUT2D eigenvalue weighted by atomic mass is 10.1. The predicted molar refractivity (Wildman–Crippen MR) is 79.4 cm³/mol. The molecule has 3 nitrogen and oxygen atoms in total. The monoisotopic (exact) mass is 291 g/mol. The molecule has 0 aliphatic carbocycles. The molecule has 2 aromatic rings. The van der Waals surface area contributed by atoms with Crippen LogP contribution in [0.25, 0.3) is 0 Å². The van der Waals surface area contributed by atoms with Crippen LogP contribution in [0, 0.1) is 26.6 Å². The largest absolute Gasteiger partial charge is 0.324 e. The molecule has 0 aliphatic heterocycles. The van der Waals surface area contributed by atoms with E-state index in [0.29, 0.717) is 10.1 Å². The first-order valence-corrected chi connectivity index (χ1v) is 7.25. The minimum Gasteiger partial charge on any atom is -0.324 e. The van der Waals surface area contributed by atoms with E-state index in [4.69, 9.17) is 5.73 Å². The summed E-state index contributed by atoms with van der Waals surface area (Å²) in [5.74, 6) is -0.288. The summed E-state index contributed by atoms with van der Waals surface area (Å²) < 4.78 is 14.0. The summed E-state index contributed by atoms with van der Waals surface area (Å²) >= 11 is 1.23. The van der Waals surface area contributed by atoms with Crippen molar-refractivity contribution in [2.45, 2.75) is 43.8 Å². The van der Waals surface area contributed by atoms with Gasteiger partial charge in [0.05, 0.1) is 4.90 Å². The second kappa shape index (κ2) is 5.89. The van der Waals surface area contributed by atoms with E-state index in [1.54, 1.807) is 6.07 Å². The number of rotatable bonds is 3. The van der Waals surface area contributed by atoms with Crippen molar-refractivity contribution < 1.29 is 4.39 Å². The van der Waals surface area contributed by atoms with Crippen LogP contribution in [0.4, 0.5) is 4.39 Å². The van der Waals surface area contributed by atoms with Gasteiger partial charge in [0.2, 0.25) is 0 Å². The number of aryl methyl sites for hydroxylation is 2. The Morgan fingerprint density at radius 2 is 1.75 bits per heavy atom. The van der Waals surface area contributed by atoms with Gasteiger partial charge >= 0.3 is 0 Å². The average Bonchev–Trinajstić information content (AvgIpc) is 2.38. The molecule has 1 aromatic carbocycles. The Morgan fingerprint density at radius 1 is 1.15 bits per heavy atom. The minimum atomic E-state index is -0.288. The van der Waals surface area contributed by atoms with Crippen LogP contribution in [0.15, 0.2) is 28.3 Å². The van der Waals surface area contributed by atoms with Crippen LogP contribution in [-0.4, -0.2) is 9.97 Å². The number of hydrogen-bond acceptors (Lipinski definition) is 4. The molecule has 1 aromatic heterocycles. The zero-order valence-corrected chi connectivity index (χ0v) is 12.9. The van der Waals surface area contributed by atoms with Crippen molar-refractivity contribution in [2.24, 2.45) is 5.73 Å².